The number of benzene rings is 1. The van der Waals surface area contributed by atoms with Gasteiger partial charge in [-0.1, -0.05) is 0 Å². The van der Waals surface area contributed by atoms with Gasteiger partial charge in [0.05, 0.1) is 0 Å². The van der Waals surface area contributed by atoms with Crippen LogP contribution in [0.2, 0.25) is 0 Å². The summed E-state index contributed by atoms with van der Waals surface area (Å²) in [5.74, 6) is -0.144. The molecular formula is C16H21FN2S. The molecule has 1 heterocycles. The molecule has 20 heavy (non-hydrogen) atoms. The zero-order chi connectivity index (χ0) is 14.7. The summed E-state index contributed by atoms with van der Waals surface area (Å²) in [5.41, 5.74) is 4.04. The van der Waals surface area contributed by atoms with Crippen molar-refractivity contribution in [3.8, 4) is 0 Å². The van der Waals surface area contributed by atoms with Crippen LogP contribution in [0.5, 0.6) is 0 Å². The third kappa shape index (κ3) is 3.19. The van der Waals surface area contributed by atoms with Crippen LogP contribution >= 0.6 is 11.3 Å². The summed E-state index contributed by atoms with van der Waals surface area (Å²) in [6.07, 6.45) is 0. The fraction of sp³-hybridized carbons (Fsp3) is 0.375. The van der Waals surface area contributed by atoms with Gasteiger partial charge in [0.1, 0.15) is 5.82 Å². The lowest BCUT2D eigenvalue weighted by Crippen LogP contribution is -2.22. The number of rotatable bonds is 5. The van der Waals surface area contributed by atoms with Crippen LogP contribution in [0.25, 0.3) is 0 Å². The molecule has 0 saturated heterocycles. The first-order valence-electron chi connectivity index (χ1n) is 6.72. The molecule has 0 aliphatic rings. The zero-order valence-corrected chi connectivity index (χ0v) is 13.2. The van der Waals surface area contributed by atoms with E-state index in [4.69, 9.17) is 0 Å². The van der Waals surface area contributed by atoms with Gasteiger partial charge in [-0.3, -0.25) is 0 Å². The predicted molar refractivity (Wildman–Crippen MR) is 85.0 cm³/mol. The van der Waals surface area contributed by atoms with Gasteiger partial charge >= 0.3 is 0 Å². The van der Waals surface area contributed by atoms with Crippen LogP contribution in [0.3, 0.4) is 0 Å². The Morgan fingerprint density at radius 2 is 2.15 bits per heavy atom. The molecule has 108 valence electrons. The average molecular weight is 292 g/mol. The van der Waals surface area contributed by atoms with Crippen LogP contribution in [-0.4, -0.2) is 14.1 Å². The Bertz CT molecular complexity index is 566. The van der Waals surface area contributed by atoms with Gasteiger partial charge in [-0.15, -0.1) is 0 Å². The molecule has 1 aromatic carbocycles. The van der Waals surface area contributed by atoms with Crippen molar-refractivity contribution in [1.82, 2.24) is 5.32 Å². The molecule has 0 radical (unpaired) electrons. The van der Waals surface area contributed by atoms with E-state index in [2.05, 4.69) is 34.1 Å². The van der Waals surface area contributed by atoms with Gasteiger partial charge in [0.15, 0.2) is 0 Å². The highest BCUT2D eigenvalue weighted by Crippen LogP contribution is 2.29. The van der Waals surface area contributed by atoms with Gasteiger partial charge in [0, 0.05) is 25.3 Å². The summed E-state index contributed by atoms with van der Waals surface area (Å²) in [6, 6.07) is 5.82. The van der Waals surface area contributed by atoms with Crippen LogP contribution in [0, 0.1) is 12.7 Å². The summed E-state index contributed by atoms with van der Waals surface area (Å²) < 4.78 is 13.9. The molecule has 0 spiro atoms. The van der Waals surface area contributed by atoms with E-state index >= 15 is 0 Å². The van der Waals surface area contributed by atoms with Crippen molar-refractivity contribution < 1.29 is 4.39 Å². The van der Waals surface area contributed by atoms with Gasteiger partial charge in [-0.25, -0.2) is 4.39 Å². The lowest BCUT2D eigenvalue weighted by atomic mass is 10.0. The maximum atomic E-state index is 13.9. The van der Waals surface area contributed by atoms with Crippen LogP contribution in [0.15, 0.2) is 29.0 Å². The molecular weight excluding hydrogens is 271 g/mol. The van der Waals surface area contributed by atoms with Crippen LogP contribution < -0.4 is 10.2 Å². The second kappa shape index (κ2) is 6.37. The third-order valence-electron chi connectivity index (χ3n) is 3.62. The van der Waals surface area contributed by atoms with Crippen molar-refractivity contribution in [2.24, 2.45) is 0 Å². The molecule has 4 heteroatoms. The third-order valence-corrected chi connectivity index (χ3v) is 4.35. The summed E-state index contributed by atoms with van der Waals surface area (Å²) in [5, 5.41) is 7.42. The highest BCUT2D eigenvalue weighted by Gasteiger charge is 2.15. The Morgan fingerprint density at radius 1 is 1.40 bits per heavy atom. The normalized spacial score (nSPS) is 12.4. The standard InChI is InChI=1S/C16H21FN2S/c1-11-7-16(14(8-15(11)17)12(2)18-3)19(4)9-13-5-6-20-10-13/h5-8,10,12,18H,9H2,1-4H3. The summed E-state index contributed by atoms with van der Waals surface area (Å²) in [4.78, 5) is 2.18. The Kier molecular flexibility index (Phi) is 4.78. The fourth-order valence-corrected chi connectivity index (χ4v) is 2.92. The molecule has 2 rings (SSSR count). The molecule has 1 atom stereocenters. The van der Waals surface area contributed by atoms with E-state index in [-0.39, 0.29) is 11.9 Å². The smallest absolute Gasteiger partial charge is 0.126 e. The minimum absolute atomic E-state index is 0.116. The Hall–Kier alpha value is -1.39. The zero-order valence-electron chi connectivity index (χ0n) is 12.4. The largest absolute Gasteiger partial charge is 0.370 e. The van der Waals surface area contributed by atoms with Crippen LogP contribution in [0.4, 0.5) is 10.1 Å². The molecule has 2 aromatic rings. The topological polar surface area (TPSA) is 15.3 Å². The van der Waals surface area contributed by atoms with E-state index in [0.717, 1.165) is 17.8 Å². The van der Waals surface area contributed by atoms with E-state index in [0.29, 0.717) is 5.56 Å². The first-order valence-corrected chi connectivity index (χ1v) is 7.66. The Morgan fingerprint density at radius 3 is 2.75 bits per heavy atom. The molecule has 0 saturated carbocycles. The predicted octanol–water partition coefficient (Wildman–Crippen LogP) is 4.11. The monoisotopic (exact) mass is 292 g/mol. The number of anilines is 1. The van der Waals surface area contributed by atoms with Crippen molar-refractivity contribution in [3.63, 3.8) is 0 Å². The number of thiophene rings is 1. The summed E-state index contributed by atoms with van der Waals surface area (Å²) in [7, 11) is 3.95. The van der Waals surface area contributed by atoms with E-state index in [1.165, 1.54) is 5.56 Å². The molecule has 0 bridgehead atoms. The number of aryl methyl sites for hydroxylation is 1. The SMILES string of the molecule is CNC(C)c1cc(F)c(C)cc1N(C)Cc1ccsc1. The highest BCUT2D eigenvalue weighted by atomic mass is 32.1. The summed E-state index contributed by atoms with van der Waals surface area (Å²) in [6.45, 7) is 4.69. The van der Waals surface area contributed by atoms with Crippen molar-refractivity contribution >= 4 is 17.0 Å². The number of hydrogen-bond donors (Lipinski definition) is 1. The minimum atomic E-state index is -0.144. The van der Waals surface area contributed by atoms with Gasteiger partial charge in [-0.05, 0) is 66.5 Å². The first kappa shape index (κ1) is 15.0. The molecule has 1 aromatic heterocycles. The molecule has 1 N–H and O–H groups in total. The summed E-state index contributed by atoms with van der Waals surface area (Å²) >= 11 is 1.70. The molecule has 0 amide bonds. The molecule has 1 unspecified atom stereocenters. The average Bonchev–Trinajstić information content (AvgIpc) is 2.93. The quantitative estimate of drug-likeness (QED) is 0.892. The van der Waals surface area contributed by atoms with Crippen molar-refractivity contribution in [2.75, 3.05) is 19.0 Å². The highest BCUT2D eigenvalue weighted by molar-refractivity contribution is 7.07. The van der Waals surface area contributed by atoms with E-state index in [9.17, 15) is 4.39 Å². The number of hydrogen-bond acceptors (Lipinski definition) is 3. The van der Waals surface area contributed by atoms with E-state index in [1.54, 1.807) is 17.4 Å². The maximum absolute atomic E-state index is 13.9. The van der Waals surface area contributed by atoms with Crippen LogP contribution in [-0.2, 0) is 6.54 Å². The Balaban J connectivity index is 2.35. The van der Waals surface area contributed by atoms with Crippen LogP contribution in [0.1, 0.15) is 29.7 Å². The fourth-order valence-electron chi connectivity index (χ4n) is 2.26. The van der Waals surface area contributed by atoms with Crippen molar-refractivity contribution in [2.45, 2.75) is 26.4 Å². The maximum Gasteiger partial charge on any atom is 0.126 e. The number of nitrogens with one attached hydrogen (secondary N) is 1. The lowest BCUT2D eigenvalue weighted by molar-refractivity contribution is 0.600. The number of nitrogens with zero attached hydrogens (tertiary/aromatic N) is 1. The van der Waals surface area contributed by atoms with E-state index in [1.807, 2.05) is 27.0 Å². The van der Waals surface area contributed by atoms with Gasteiger partial charge < -0.3 is 10.2 Å². The second-order valence-corrected chi connectivity index (χ2v) is 5.94. The molecule has 2 nitrogen and oxygen atoms in total. The van der Waals surface area contributed by atoms with Gasteiger partial charge in [0.25, 0.3) is 0 Å². The molecule has 0 aliphatic carbocycles. The lowest BCUT2D eigenvalue weighted by Gasteiger charge is -2.25. The van der Waals surface area contributed by atoms with E-state index < -0.39 is 0 Å². The second-order valence-electron chi connectivity index (χ2n) is 5.16. The number of halogens is 1. The van der Waals surface area contributed by atoms with Crippen molar-refractivity contribution in [3.05, 3.63) is 51.5 Å². The first-order chi connectivity index (χ1) is 9.52. The minimum Gasteiger partial charge on any atom is -0.370 e. The Labute approximate surface area is 124 Å². The van der Waals surface area contributed by atoms with Crippen molar-refractivity contribution in [1.29, 1.82) is 0 Å². The molecule has 0 aliphatic heterocycles. The van der Waals surface area contributed by atoms with Gasteiger partial charge in [0.2, 0.25) is 0 Å². The van der Waals surface area contributed by atoms with Gasteiger partial charge in [-0.2, -0.15) is 11.3 Å². The molecule has 0 fully saturated rings.